The van der Waals surface area contributed by atoms with Crippen LogP contribution in [0.3, 0.4) is 0 Å². The lowest BCUT2D eigenvalue weighted by Crippen LogP contribution is -2.39. The van der Waals surface area contributed by atoms with E-state index < -0.39 is 0 Å². The van der Waals surface area contributed by atoms with Gasteiger partial charge in [-0.25, -0.2) is 0 Å². The van der Waals surface area contributed by atoms with Crippen LogP contribution in [-0.4, -0.2) is 29.3 Å². The fraction of sp³-hybridized carbons (Fsp3) is 0.750. The SMILES string of the molecule is CC1(C)C2CCC1(CCON1C(=O)C3C4C=CC(C4)C3C1=O)C(=O)C2. The molecule has 0 aromatic heterocycles. The van der Waals surface area contributed by atoms with E-state index in [-0.39, 0.29) is 52.9 Å². The molecule has 1 aliphatic heterocycles. The molecule has 3 saturated carbocycles. The van der Waals surface area contributed by atoms with Crippen LogP contribution >= 0.6 is 0 Å². The Bertz CT molecular complexity index is 680. The van der Waals surface area contributed by atoms with Gasteiger partial charge >= 0.3 is 0 Å². The molecule has 5 heteroatoms. The Morgan fingerprint density at radius 1 is 1.12 bits per heavy atom. The second kappa shape index (κ2) is 4.81. The molecule has 4 fully saturated rings. The van der Waals surface area contributed by atoms with Crippen molar-refractivity contribution in [3.05, 3.63) is 12.2 Å². The number of nitrogens with zero attached hydrogens (tertiary/aromatic N) is 1. The van der Waals surface area contributed by atoms with Crippen molar-refractivity contribution in [3.63, 3.8) is 0 Å². The van der Waals surface area contributed by atoms with Crippen LogP contribution in [0.4, 0.5) is 0 Å². The van der Waals surface area contributed by atoms with Crippen LogP contribution in [0.25, 0.3) is 0 Å². The minimum absolute atomic E-state index is 0.00793. The molecular weight excluding hydrogens is 318 g/mol. The van der Waals surface area contributed by atoms with E-state index in [0.717, 1.165) is 24.3 Å². The number of fused-ring (bicyclic) bond motifs is 7. The highest BCUT2D eigenvalue weighted by Gasteiger charge is 2.64. The van der Waals surface area contributed by atoms with E-state index in [1.807, 2.05) is 0 Å². The molecule has 1 saturated heterocycles. The van der Waals surface area contributed by atoms with Crippen molar-refractivity contribution in [2.75, 3.05) is 6.61 Å². The van der Waals surface area contributed by atoms with Gasteiger partial charge in [0.15, 0.2) is 0 Å². The largest absolute Gasteiger partial charge is 0.299 e. The first-order valence-corrected chi connectivity index (χ1v) is 9.59. The Kier molecular flexibility index (Phi) is 3.03. The smallest absolute Gasteiger partial charge is 0.258 e. The lowest BCUT2D eigenvalue weighted by atomic mass is 9.67. The molecule has 0 aromatic carbocycles. The first kappa shape index (κ1) is 15.7. The number of ketones is 1. The molecular formula is C20H25NO4. The standard InChI is InChI=1S/C20H25NO4/c1-19(2)13-5-6-20(19,14(22)10-13)7-8-25-21-17(23)15-11-3-4-12(9-11)16(15)18(21)24/h3-4,11-13,15-16H,5-10H2,1-2H3. The summed E-state index contributed by atoms with van der Waals surface area (Å²) in [6.45, 7) is 4.65. The van der Waals surface area contributed by atoms with Gasteiger partial charge in [0.25, 0.3) is 11.8 Å². The first-order chi connectivity index (χ1) is 11.9. The van der Waals surface area contributed by atoms with Crippen LogP contribution in [0.15, 0.2) is 12.2 Å². The van der Waals surface area contributed by atoms with E-state index >= 15 is 0 Å². The van der Waals surface area contributed by atoms with Gasteiger partial charge in [-0.1, -0.05) is 26.0 Å². The van der Waals surface area contributed by atoms with Crippen molar-refractivity contribution in [3.8, 4) is 0 Å². The van der Waals surface area contributed by atoms with Gasteiger partial charge in [0.05, 0.1) is 18.4 Å². The maximum atomic E-state index is 12.6. The summed E-state index contributed by atoms with van der Waals surface area (Å²) in [6, 6.07) is 0. The summed E-state index contributed by atoms with van der Waals surface area (Å²) < 4.78 is 0. The number of Topliss-reactive ketones (excluding diaryl/α,β-unsaturated/α-hetero) is 1. The minimum atomic E-state index is -0.333. The Hall–Kier alpha value is -1.49. The maximum Gasteiger partial charge on any atom is 0.258 e. The highest BCUT2D eigenvalue weighted by Crippen LogP contribution is 2.65. The molecule has 25 heavy (non-hydrogen) atoms. The quantitative estimate of drug-likeness (QED) is 0.581. The Balaban J connectivity index is 1.28. The van der Waals surface area contributed by atoms with Crippen LogP contribution in [0.5, 0.6) is 0 Å². The van der Waals surface area contributed by atoms with Crippen LogP contribution < -0.4 is 0 Å². The van der Waals surface area contributed by atoms with Crippen LogP contribution in [0.2, 0.25) is 0 Å². The molecule has 6 atom stereocenters. The minimum Gasteiger partial charge on any atom is -0.299 e. The molecule has 0 radical (unpaired) electrons. The predicted molar refractivity (Wildman–Crippen MR) is 88.7 cm³/mol. The molecule has 134 valence electrons. The number of carbonyl (C=O) groups excluding carboxylic acids is 3. The molecule has 5 aliphatic rings. The highest BCUT2D eigenvalue weighted by molar-refractivity contribution is 6.05. The van der Waals surface area contributed by atoms with Gasteiger partial charge in [0, 0.05) is 11.8 Å². The van der Waals surface area contributed by atoms with Crippen molar-refractivity contribution >= 4 is 17.6 Å². The van der Waals surface area contributed by atoms with Crippen LogP contribution in [0, 0.1) is 40.4 Å². The number of carbonyl (C=O) groups is 3. The average Bonchev–Trinajstić information content (AvgIpc) is 3.32. The zero-order valence-electron chi connectivity index (χ0n) is 14.9. The zero-order chi connectivity index (χ0) is 17.6. The molecule has 2 amide bonds. The van der Waals surface area contributed by atoms with Gasteiger partial charge in [-0.15, -0.1) is 0 Å². The van der Waals surface area contributed by atoms with Gasteiger partial charge in [-0.05, 0) is 48.9 Å². The number of amides is 2. The van der Waals surface area contributed by atoms with Crippen LogP contribution in [0.1, 0.15) is 46.0 Å². The molecule has 1 heterocycles. The fourth-order valence-corrected chi connectivity index (χ4v) is 6.67. The van der Waals surface area contributed by atoms with Crippen molar-refractivity contribution in [1.82, 2.24) is 5.06 Å². The van der Waals surface area contributed by atoms with Gasteiger partial charge in [0.1, 0.15) is 5.78 Å². The van der Waals surface area contributed by atoms with Gasteiger partial charge in [0.2, 0.25) is 0 Å². The summed E-state index contributed by atoms with van der Waals surface area (Å²) in [6.07, 6.45) is 8.37. The van der Waals surface area contributed by atoms with E-state index in [1.54, 1.807) is 0 Å². The molecule has 4 bridgehead atoms. The third-order valence-corrected chi connectivity index (χ3v) is 8.32. The lowest BCUT2D eigenvalue weighted by molar-refractivity contribution is -0.193. The molecule has 4 aliphatic carbocycles. The monoisotopic (exact) mass is 343 g/mol. The topological polar surface area (TPSA) is 63.7 Å². The highest BCUT2D eigenvalue weighted by atomic mass is 16.7. The maximum absolute atomic E-state index is 12.6. The third kappa shape index (κ3) is 1.75. The second-order valence-corrected chi connectivity index (χ2v) is 9.22. The summed E-state index contributed by atoms with van der Waals surface area (Å²) in [5, 5.41) is 1.02. The second-order valence-electron chi connectivity index (χ2n) is 9.22. The van der Waals surface area contributed by atoms with E-state index in [0.29, 0.717) is 24.5 Å². The number of allylic oxidation sites excluding steroid dienone is 2. The van der Waals surface area contributed by atoms with Crippen molar-refractivity contribution < 1.29 is 19.2 Å². The number of rotatable bonds is 4. The molecule has 0 spiro atoms. The third-order valence-electron chi connectivity index (χ3n) is 8.32. The van der Waals surface area contributed by atoms with E-state index in [9.17, 15) is 14.4 Å². The molecule has 6 unspecified atom stereocenters. The average molecular weight is 343 g/mol. The van der Waals surface area contributed by atoms with Crippen molar-refractivity contribution in [1.29, 1.82) is 0 Å². The van der Waals surface area contributed by atoms with Crippen LogP contribution in [-0.2, 0) is 19.2 Å². The summed E-state index contributed by atoms with van der Waals surface area (Å²) >= 11 is 0. The fourth-order valence-electron chi connectivity index (χ4n) is 6.67. The van der Waals surface area contributed by atoms with Crippen molar-refractivity contribution in [2.45, 2.75) is 46.0 Å². The zero-order valence-corrected chi connectivity index (χ0v) is 14.9. The summed E-state index contributed by atoms with van der Waals surface area (Å²) in [4.78, 5) is 43.5. The predicted octanol–water partition coefficient (Wildman–Crippen LogP) is 2.51. The van der Waals surface area contributed by atoms with Crippen molar-refractivity contribution in [2.24, 2.45) is 40.4 Å². The van der Waals surface area contributed by atoms with Gasteiger partial charge < -0.3 is 0 Å². The Labute approximate surface area is 147 Å². The van der Waals surface area contributed by atoms with Gasteiger partial charge in [-0.3, -0.25) is 19.2 Å². The van der Waals surface area contributed by atoms with E-state index in [2.05, 4.69) is 26.0 Å². The molecule has 0 N–H and O–H groups in total. The summed E-state index contributed by atoms with van der Waals surface area (Å²) in [7, 11) is 0. The summed E-state index contributed by atoms with van der Waals surface area (Å²) in [5.41, 5.74) is -0.341. The Morgan fingerprint density at radius 2 is 1.76 bits per heavy atom. The number of hydrogen-bond donors (Lipinski definition) is 0. The van der Waals surface area contributed by atoms with E-state index in [4.69, 9.17) is 4.84 Å². The normalized spacial score (nSPS) is 45.9. The molecule has 5 nitrogen and oxygen atoms in total. The lowest BCUT2D eigenvalue weighted by Gasteiger charge is -2.36. The number of imide groups is 1. The molecule has 5 rings (SSSR count). The van der Waals surface area contributed by atoms with Gasteiger partial charge in [-0.2, -0.15) is 5.06 Å². The number of hydrogen-bond acceptors (Lipinski definition) is 4. The summed E-state index contributed by atoms with van der Waals surface area (Å²) in [5.74, 6) is 0.416. The Morgan fingerprint density at radius 3 is 2.28 bits per heavy atom. The molecule has 0 aromatic rings. The number of hydroxylamine groups is 2. The van der Waals surface area contributed by atoms with E-state index in [1.165, 1.54) is 0 Å². The first-order valence-electron chi connectivity index (χ1n) is 9.59.